The first kappa shape index (κ1) is 26.6. The maximum Gasteiger partial charge on any atom is 0.315 e. The lowest BCUT2D eigenvalue weighted by Crippen LogP contribution is -2.71. The molecule has 2 aromatic rings. The van der Waals surface area contributed by atoms with Gasteiger partial charge in [-0.15, -0.1) is 0 Å². The van der Waals surface area contributed by atoms with E-state index >= 15 is 0 Å². The molecule has 0 aliphatic carbocycles. The highest BCUT2D eigenvalue weighted by atomic mass is 35.5. The van der Waals surface area contributed by atoms with Crippen molar-refractivity contribution in [1.29, 1.82) is 0 Å². The zero-order valence-electron chi connectivity index (χ0n) is 22.6. The molecule has 1 saturated heterocycles. The predicted molar refractivity (Wildman–Crippen MR) is 142 cm³/mol. The third kappa shape index (κ3) is 4.37. The number of aromatic nitrogens is 1. The van der Waals surface area contributed by atoms with Crippen LogP contribution in [0.2, 0.25) is 5.02 Å². The zero-order valence-corrected chi connectivity index (χ0v) is 23.4. The van der Waals surface area contributed by atoms with Crippen LogP contribution in [0, 0.1) is 12.3 Å². The standard InChI is InChI=1S/C29H33ClN2O6/c1-17-9-19(30)13-31-25(17)21(33)11-18-7-8-22-20(10-18)29(28(14-35-15-28)27(5,6)37-22)16-36-23(32-29)12-24(34)38-26(2,3)4/h7-10,13H,11-12,14-16H2,1-6H3. The quantitative estimate of drug-likeness (QED) is 0.388. The minimum absolute atomic E-state index is 0.0632. The Balaban J connectivity index is 1.53. The third-order valence-electron chi connectivity index (χ3n) is 7.65. The lowest BCUT2D eigenvalue weighted by molar-refractivity contribution is -0.247. The van der Waals surface area contributed by atoms with Gasteiger partial charge in [0.05, 0.1) is 23.7 Å². The van der Waals surface area contributed by atoms with E-state index in [1.54, 1.807) is 6.07 Å². The number of hydrogen-bond donors (Lipinski definition) is 0. The number of carbonyl (C=O) groups is 2. The summed E-state index contributed by atoms with van der Waals surface area (Å²) in [6.45, 7) is 12.5. The van der Waals surface area contributed by atoms with Crippen molar-refractivity contribution < 1.29 is 28.5 Å². The van der Waals surface area contributed by atoms with E-state index in [4.69, 9.17) is 35.5 Å². The smallest absolute Gasteiger partial charge is 0.315 e. The fourth-order valence-electron chi connectivity index (χ4n) is 5.66. The summed E-state index contributed by atoms with van der Waals surface area (Å²) in [5, 5.41) is 0.490. The van der Waals surface area contributed by atoms with Crippen LogP contribution in [0.25, 0.3) is 0 Å². The van der Waals surface area contributed by atoms with Gasteiger partial charge in [-0.1, -0.05) is 17.7 Å². The van der Waals surface area contributed by atoms with E-state index in [-0.39, 0.29) is 25.2 Å². The van der Waals surface area contributed by atoms with Crippen molar-refractivity contribution in [2.45, 2.75) is 71.1 Å². The van der Waals surface area contributed by atoms with Crippen molar-refractivity contribution in [1.82, 2.24) is 4.98 Å². The molecule has 9 heteroatoms. The van der Waals surface area contributed by atoms with Gasteiger partial charge in [0.15, 0.2) is 11.7 Å². The number of ketones is 1. The van der Waals surface area contributed by atoms with E-state index in [0.717, 1.165) is 16.7 Å². The summed E-state index contributed by atoms with van der Waals surface area (Å²) in [5.74, 6) is 0.500. The monoisotopic (exact) mass is 540 g/mol. The molecule has 5 rings (SSSR count). The summed E-state index contributed by atoms with van der Waals surface area (Å²) >= 11 is 6.02. The van der Waals surface area contributed by atoms with Gasteiger partial charge in [-0.3, -0.25) is 14.6 Å². The summed E-state index contributed by atoms with van der Waals surface area (Å²) in [6.07, 6.45) is 1.57. The van der Waals surface area contributed by atoms with Crippen LogP contribution < -0.4 is 4.74 Å². The highest BCUT2D eigenvalue weighted by molar-refractivity contribution is 6.30. The number of benzene rings is 1. The van der Waals surface area contributed by atoms with Gasteiger partial charge in [0, 0.05) is 18.2 Å². The average Bonchev–Trinajstić information content (AvgIpc) is 3.15. The van der Waals surface area contributed by atoms with E-state index in [2.05, 4.69) is 4.98 Å². The number of esters is 1. The topological polar surface area (TPSA) is 96.3 Å². The van der Waals surface area contributed by atoms with Crippen LogP contribution in [0.1, 0.15) is 68.2 Å². The van der Waals surface area contributed by atoms with Crippen LogP contribution >= 0.6 is 11.6 Å². The van der Waals surface area contributed by atoms with Gasteiger partial charge >= 0.3 is 5.97 Å². The maximum absolute atomic E-state index is 13.2. The lowest BCUT2D eigenvalue weighted by Gasteiger charge is -2.61. The highest BCUT2D eigenvalue weighted by Crippen LogP contribution is 2.62. The number of aliphatic imine (C=N–C) groups is 1. The maximum atomic E-state index is 13.2. The molecular weight excluding hydrogens is 508 g/mol. The molecule has 8 nitrogen and oxygen atoms in total. The van der Waals surface area contributed by atoms with E-state index in [9.17, 15) is 9.59 Å². The van der Waals surface area contributed by atoms with Gasteiger partial charge in [0.25, 0.3) is 0 Å². The van der Waals surface area contributed by atoms with E-state index in [1.165, 1.54) is 6.20 Å². The molecule has 0 N–H and O–H groups in total. The Kier molecular flexibility index (Phi) is 6.35. The number of pyridine rings is 1. The fraction of sp³-hybridized carbons (Fsp3) is 0.517. The summed E-state index contributed by atoms with van der Waals surface area (Å²) in [4.78, 5) is 35.1. The van der Waals surface area contributed by atoms with Crippen LogP contribution in [0.4, 0.5) is 0 Å². The normalized spacial score (nSPS) is 22.7. The largest absolute Gasteiger partial charge is 0.487 e. The molecule has 38 heavy (non-hydrogen) atoms. The second kappa shape index (κ2) is 9.06. The molecule has 0 saturated carbocycles. The van der Waals surface area contributed by atoms with Crippen LogP contribution in [-0.4, -0.2) is 53.7 Å². The Bertz CT molecular complexity index is 1340. The van der Waals surface area contributed by atoms with Crippen LogP contribution in [-0.2, 0) is 31.0 Å². The van der Waals surface area contributed by atoms with Crippen LogP contribution in [0.3, 0.4) is 0 Å². The molecule has 1 atom stereocenters. The van der Waals surface area contributed by atoms with Crippen molar-refractivity contribution in [3.63, 3.8) is 0 Å². The average molecular weight is 541 g/mol. The first-order valence-corrected chi connectivity index (χ1v) is 13.1. The minimum atomic E-state index is -0.840. The summed E-state index contributed by atoms with van der Waals surface area (Å²) in [7, 11) is 0. The van der Waals surface area contributed by atoms with Crippen molar-refractivity contribution in [2.75, 3.05) is 19.8 Å². The first-order chi connectivity index (χ1) is 17.8. The molecule has 2 spiro atoms. The molecule has 3 aliphatic heterocycles. The van der Waals surface area contributed by atoms with Crippen LogP contribution in [0.5, 0.6) is 5.75 Å². The number of ether oxygens (including phenoxy) is 4. The number of aryl methyl sites for hydroxylation is 1. The molecular formula is C29H33ClN2O6. The predicted octanol–water partition coefficient (Wildman–Crippen LogP) is 5.01. The van der Waals surface area contributed by atoms with Gasteiger partial charge < -0.3 is 18.9 Å². The number of Topliss-reactive ketones (excluding diaryl/α,β-unsaturated/α-hetero) is 1. The summed E-state index contributed by atoms with van der Waals surface area (Å²) in [5.41, 5.74) is 0.173. The van der Waals surface area contributed by atoms with Crippen molar-refractivity contribution in [2.24, 2.45) is 10.4 Å². The SMILES string of the molecule is Cc1cc(Cl)cnc1C(=O)Cc1ccc2c(c1)C1(COC(CC(=O)OC(C)(C)C)=N1)C1(COC1)C(C)(C)O2. The van der Waals surface area contributed by atoms with Gasteiger partial charge in [0.1, 0.15) is 41.2 Å². The van der Waals surface area contributed by atoms with Crippen molar-refractivity contribution in [3.05, 3.63) is 57.9 Å². The number of nitrogens with zero attached hydrogens (tertiary/aromatic N) is 2. The Hall–Kier alpha value is -2.97. The molecule has 3 aliphatic rings. The zero-order chi connectivity index (χ0) is 27.5. The Morgan fingerprint density at radius 3 is 2.47 bits per heavy atom. The lowest BCUT2D eigenvalue weighted by atomic mass is 9.55. The number of halogens is 1. The molecule has 1 fully saturated rings. The van der Waals surface area contributed by atoms with Gasteiger partial charge in [-0.25, -0.2) is 4.99 Å². The fourth-order valence-corrected chi connectivity index (χ4v) is 5.87. The molecule has 202 valence electrons. The Labute approximate surface area is 227 Å². The molecule has 0 bridgehead atoms. The molecule has 1 aromatic carbocycles. The number of carbonyl (C=O) groups excluding carboxylic acids is 2. The first-order valence-electron chi connectivity index (χ1n) is 12.7. The molecule has 1 aromatic heterocycles. The molecule has 0 amide bonds. The van der Waals surface area contributed by atoms with Gasteiger partial charge in [-0.05, 0) is 70.9 Å². The molecule has 0 radical (unpaired) electrons. The summed E-state index contributed by atoms with van der Waals surface area (Å²) in [6, 6.07) is 7.48. The minimum Gasteiger partial charge on any atom is -0.487 e. The molecule has 1 unspecified atom stereocenters. The Morgan fingerprint density at radius 2 is 1.84 bits per heavy atom. The van der Waals surface area contributed by atoms with Crippen LogP contribution in [0.15, 0.2) is 35.5 Å². The number of fused-ring (bicyclic) bond motifs is 3. The number of hydrogen-bond acceptors (Lipinski definition) is 8. The second-order valence-electron chi connectivity index (χ2n) is 11.9. The molecule has 4 heterocycles. The third-order valence-corrected chi connectivity index (χ3v) is 7.85. The van der Waals surface area contributed by atoms with E-state index in [1.807, 2.05) is 59.7 Å². The van der Waals surface area contributed by atoms with E-state index in [0.29, 0.717) is 35.6 Å². The van der Waals surface area contributed by atoms with E-state index < -0.39 is 28.1 Å². The van der Waals surface area contributed by atoms with Gasteiger partial charge in [-0.2, -0.15) is 0 Å². The summed E-state index contributed by atoms with van der Waals surface area (Å²) < 4.78 is 23.8. The van der Waals surface area contributed by atoms with Crippen molar-refractivity contribution >= 4 is 29.3 Å². The Morgan fingerprint density at radius 1 is 1.11 bits per heavy atom. The highest BCUT2D eigenvalue weighted by Gasteiger charge is 2.71. The number of rotatable bonds is 5. The van der Waals surface area contributed by atoms with Gasteiger partial charge in [0.2, 0.25) is 0 Å². The van der Waals surface area contributed by atoms with Crippen molar-refractivity contribution in [3.8, 4) is 5.75 Å². The second-order valence-corrected chi connectivity index (χ2v) is 12.3.